The molecule has 1 atom stereocenters. The summed E-state index contributed by atoms with van der Waals surface area (Å²) in [6, 6.07) is 4.78. The SMILES string of the molecule is CCC1SC(=O)N(CCCN2CCOCC2)N=C1c1ccc(OC)c(OCC(F)(F)F)c1. The van der Waals surface area contributed by atoms with Gasteiger partial charge >= 0.3 is 11.4 Å². The molecule has 11 heteroatoms. The molecule has 1 fully saturated rings. The molecule has 178 valence electrons. The Bertz CT molecular complexity index is 816. The maximum absolute atomic E-state index is 12.6. The summed E-state index contributed by atoms with van der Waals surface area (Å²) in [5, 5.41) is 5.73. The number of ether oxygens (including phenoxy) is 3. The Morgan fingerprint density at radius 1 is 1.22 bits per heavy atom. The van der Waals surface area contributed by atoms with Gasteiger partial charge in [0.05, 0.1) is 31.3 Å². The van der Waals surface area contributed by atoms with Gasteiger partial charge in [0, 0.05) is 31.7 Å². The van der Waals surface area contributed by atoms with Crippen LogP contribution in [0.15, 0.2) is 23.3 Å². The van der Waals surface area contributed by atoms with Gasteiger partial charge in [0.25, 0.3) is 0 Å². The number of benzene rings is 1. The van der Waals surface area contributed by atoms with Crippen LogP contribution in [0.2, 0.25) is 0 Å². The number of nitrogens with zero attached hydrogens (tertiary/aromatic N) is 3. The summed E-state index contributed by atoms with van der Waals surface area (Å²) in [6.07, 6.45) is -3.04. The summed E-state index contributed by atoms with van der Waals surface area (Å²) in [5.41, 5.74) is 1.25. The number of amides is 1. The van der Waals surface area contributed by atoms with Crippen molar-refractivity contribution >= 4 is 22.7 Å². The van der Waals surface area contributed by atoms with Crippen LogP contribution in [0.5, 0.6) is 11.5 Å². The van der Waals surface area contributed by atoms with Gasteiger partial charge in [-0.1, -0.05) is 18.7 Å². The molecule has 3 rings (SSSR count). The zero-order chi connectivity index (χ0) is 23.1. The Balaban J connectivity index is 1.76. The molecule has 0 N–H and O–H groups in total. The highest BCUT2D eigenvalue weighted by Gasteiger charge is 2.32. The molecule has 0 saturated carbocycles. The second-order valence-electron chi connectivity index (χ2n) is 7.47. The summed E-state index contributed by atoms with van der Waals surface area (Å²) in [6.45, 7) is 5.03. The van der Waals surface area contributed by atoms with Gasteiger partial charge in [0.2, 0.25) is 0 Å². The van der Waals surface area contributed by atoms with E-state index in [4.69, 9.17) is 14.2 Å². The van der Waals surface area contributed by atoms with E-state index in [9.17, 15) is 18.0 Å². The fourth-order valence-corrected chi connectivity index (χ4v) is 4.47. The summed E-state index contributed by atoms with van der Waals surface area (Å²) in [7, 11) is 1.37. The van der Waals surface area contributed by atoms with E-state index >= 15 is 0 Å². The number of hydrazone groups is 1. The van der Waals surface area contributed by atoms with Crippen molar-refractivity contribution in [2.24, 2.45) is 5.10 Å². The molecule has 32 heavy (non-hydrogen) atoms. The number of carbonyl (C=O) groups is 1. The maximum Gasteiger partial charge on any atom is 0.422 e. The summed E-state index contributed by atoms with van der Waals surface area (Å²) in [5.74, 6) is 0.189. The number of methoxy groups -OCH3 is 1. The highest BCUT2D eigenvalue weighted by atomic mass is 32.2. The third-order valence-corrected chi connectivity index (χ3v) is 6.41. The average molecular weight is 476 g/mol. The Kier molecular flexibility index (Phi) is 8.66. The quantitative estimate of drug-likeness (QED) is 0.538. The van der Waals surface area contributed by atoms with Crippen LogP contribution >= 0.6 is 11.8 Å². The number of morpholine rings is 1. The second-order valence-corrected chi connectivity index (χ2v) is 8.62. The second kappa shape index (κ2) is 11.2. The Morgan fingerprint density at radius 2 is 1.97 bits per heavy atom. The van der Waals surface area contributed by atoms with Crippen LogP contribution in [-0.2, 0) is 4.74 Å². The Hall–Kier alpha value is -1.98. The van der Waals surface area contributed by atoms with Gasteiger partial charge in [0.15, 0.2) is 18.1 Å². The predicted molar refractivity (Wildman–Crippen MR) is 117 cm³/mol. The number of hydrogen-bond donors (Lipinski definition) is 0. The summed E-state index contributed by atoms with van der Waals surface area (Å²) >= 11 is 1.19. The largest absolute Gasteiger partial charge is 0.493 e. The third-order valence-electron chi connectivity index (χ3n) is 5.16. The van der Waals surface area contributed by atoms with E-state index in [1.165, 1.54) is 29.9 Å². The maximum atomic E-state index is 12.6. The Morgan fingerprint density at radius 3 is 2.62 bits per heavy atom. The monoisotopic (exact) mass is 475 g/mol. The van der Waals surface area contributed by atoms with Gasteiger partial charge in [-0.15, -0.1) is 0 Å². The van der Waals surface area contributed by atoms with E-state index in [-0.39, 0.29) is 22.0 Å². The molecule has 0 aromatic heterocycles. The van der Waals surface area contributed by atoms with Gasteiger partial charge in [-0.3, -0.25) is 9.69 Å². The smallest absolute Gasteiger partial charge is 0.422 e. The highest BCUT2D eigenvalue weighted by Crippen LogP contribution is 2.34. The van der Waals surface area contributed by atoms with Crippen molar-refractivity contribution < 1.29 is 32.2 Å². The van der Waals surface area contributed by atoms with E-state index < -0.39 is 12.8 Å². The lowest BCUT2D eigenvalue weighted by molar-refractivity contribution is -0.153. The zero-order valence-corrected chi connectivity index (χ0v) is 19.0. The van der Waals surface area contributed by atoms with Gasteiger partial charge in [-0.05, 0) is 31.0 Å². The number of hydrogen-bond acceptors (Lipinski definition) is 7. The molecular weight excluding hydrogens is 447 g/mol. The zero-order valence-electron chi connectivity index (χ0n) is 18.2. The fraction of sp³-hybridized carbons (Fsp3) is 0.619. The first kappa shape index (κ1) is 24.7. The number of alkyl halides is 3. The van der Waals surface area contributed by atoms with Gasteiger partial charge < -0.3 is 14.2 Å². The predicted octanol–water partition coefficient (Wildman–Crippen LogP) is 4.01. The third kappa shape index (κ3) is 6.76. The van der Waals surface area contributed by atoms with Crippen LogP contribution in [0, 0.1) is 0 Å². The lowest BCUT2D eigenvalue weighted by Gasteiger charge is -2.30. The van der Waals surface area contributed by atoms with E-state index in [1.807, 2.05) is 6.92 Å². The van der Waals surface area contributed by atoms with Crippen LogP contribution in [0.3, 0.4) is 0 Å². The van der Waals surface area contributed by atoms with Crippen LogP contribution in [-0.4, -0.2) is 85.4 Å². The minimum atomic E-state index is -4.46. The lowest BCUT2D eigenvalue weighted by Crippen LogP contribution is -2.39. The van der Waals surface area contributed by atoms with E-state index in [1.54, 1.807) is 12.1 Å². The number of carbonyl (C=O) groups excluding carboxylic acids is 1. The molecule has 7 nitrogen and oxygen atoms in total. The molecule has 1 aromatic carbocycles. The highest BCUT2D eigenvalue weighted by molar-refractivity contribution is 8.14. The molecule has 1 aromatic rings. The molecule has 1 saturated heterocycles. The first-order valence-corrected chi connectivity index (χ1v) is 11.4. The molecule has 0 aliphatic carbocycles. The van der Waals surface area contributed by atoms with Crippen molar-refractivity contribution in [3.8, 4) is 11.5 Å². The van der Waals surface area contributed by atoms with E-state index in [0.29, 0.717) is 24.2 Å². The van der Waals surface area contributed by atoms with Gasteiger partial charge in [0.1, 0.15) is 0 Å². The fourth-order valence-electron chi connectivity index (χ4n) is 3.51. The normalized spacial score (nSPS) is 20.3. The number of rotatable bonds is 9. The molecule has 0 radical (unpaired) electrons. The molecule has 1 amide bonds. The minimum absolute atomic E-state index is 0.0133. The van der Waals surface area contributed by atoms with Crippen LogP contribution in [0.25, 0.3) is 0 Å². The van der Waals surface area contributed by atoms with Crippen molar-refractivity contribution in [2.45, 2.75) is 31.2 Å². The topological polar surface area (TPSA) is 63.6 Å². The molecule has 2 heterocycles. The van der Waals surface area contributed by atoms with Gasteiger partial charge in [-0.2, -0.15) is 18.3 Å². The van der Waals surface area contributed by atoms with Crippen molar-refractivity contribution in [3.05, 3.63) is 23.8 Å². The summed E-state index contributed by atoms with van der Waals surface area (Å²) in [4.78, 5) is 14.9. The first-order valence-electron chi connectivity index (χ1n) is 10.6. The van der Waals surface area contributed by atoms with E-state index in [2.05, 4.69) is 10.0 Å². The van der Waals surface area contributed by atoms with Crippen molar-refractivity contribution in [1.82, 2.24) is 9.91 Å². The average Bonchev–Trinajstić information content (AvgIpc) is 2.78. The molecule has 2 aliphatic rings. The molecular formula is C21H28F3N3O4S. The molecule has 1 unspecified atom stereocenters. The molecule has 0 bridgehead atoms. The first-order chi connectivity index (χ1) is 15.3. The standard InChI is InChI=1S/C21H28F3N3O4S/c1-3-18-19(15-5-6-16(29-2)17(13-15)31-14-21(22,23)24)25-27(20(28)32-18)8-4-7-26-9-11-30-12-10-26/h5-6,13,18H,3-4,7-12,14H2,1-2H3. The van der Waals surface area contributed by atoms with E-state index in [0.717, 1.165) is 39.3 Å². The van der Waals surface area contributed by atoms with Crippen molar-refractivity contribution in [1.29, 1.82) is 0 Å². The Labute approximate surface area is 189 Å². The molecule has 2 aliphatic heterocycles. The van der Waals surface area contributed by atoms with Crippen molar-refractivity contribution in [2.75, 3.05) is 53.1 Å². The van der Waals surface area contributed by atoms with Gasteiger partial charge in [-0.25, -0.2) is 5.01 Å². The lowest BCUT2D eigenvalue weighted by atomic mass is 10.0. The van der Waals surface area contributed by atoms with Crippen LogP contribution in [0.1, 0.15) is 25.3 Å². The number of halogens is 3. The minimum Gasteiger partial charge on any atom is -0.493 e. The molecule has 0 spiro atoms. The van der Waals surface area contributed by atoms with Crippen LogP contribution in [0.4, 0.5) is 18.0 Å². The van der Waals surface area contributed by atoms with Crippen molar-refractivity contribution in [3.63, 3.8) is 0 Å². The van der Waals surface area contributed by atoms with Crippen LogP contribution < -0.4 is 9.47 Å². The summed E-state index contributed by atoms with van der Waals surface area (Å²) < 4.78 is 53.4. The number of thioether (sulfide) groups is 1.